The van der Waals surface area contributed by atoms with E-state index < -0.39 is 11.7 Å². The normalized spacial score (nSPS) is 13.6. The molecule has 2 N–H and O–H groups in total. The van der Waals surface area contributed by atoms with Crippen LogP contribution in [0.1, 0.15) is 29.2 Å². The monoisotopic (exact) mass is 353 g/mol. The Labute approximate surface area is 142 Å². The van der Waals surface area contributed by atoms with Crippen LogP contribution in [-0.2, 0) is 32.1 Å². The largest absolute Gasteiger partial charge is 0.416 e. The smallest absolute Gasteiger partial charge is 0.338 e. The van der Waals surface area contributed by atoms with Crippen LogP contribution < -0.4 is 10.6 Å². The van der Waals surface area contributed by atoms with Crippen LogP contribution in [0.3, 0.4) is 0 Å². The van der Waals surface area contributed by atoms with Crippen molar-refractivity contribution >= 4 is 6.03 Å². The Morgan fingerprint density at radius 3 is 2.64 bits per heavy atom. The summed E-state index contributed by atoms with van der Waals surface area (Å²) >= 11 is 0. The van der Waals surface area contributed by atoms with Crippen molar-refractivity contribution in [1.29, 1.82) is 0 Å². The zero-order chi connectivity index (χ0) is 17.9. The van der Waals surface area contributed by atoms with Gasteiger partial charge < -0.3 is 15.2 Å². The second-order valence-electron chi connectivity index (χ2n) is 5.84. The van der Waals surface area contributed by atoms with Crippen LogP contribution in [0.2, 0.25) is 0 Å². The number of halogens is 3. The average Bonchev–Trinajstić information content (AvgIpc) is 3.16. The number of rotatable bonds is 5. The number of urea groups is 1. The summed E-state index contributed by atoms with van der Waals surface area (Å²) in [6, 6.07) is 4.58. The third kappa shape index (κ3) is 4.28. The number of carbonyl (C=O) groups is 1. The van der Waals surface area contributed by atoms with Crippen LogP contribution in [0, 0.1) is 0 Å². The quantitative estimate of drug-likeness (QED) is 0.866. The molecular formula is C16H18F3N5O. The van der Waals surface area contributed by atoms with Crippen LogP contribution in [-0.4, -0.2) is 27.3 Å². The van der Waals surface area contributed by atoms with E-state index in [1.54, 1.807) is 0 Å². The molecule has 1 aliphatic heterocycles. The number of nitrogens with one attached hydrogen (secondary N) is 2. The fraction of sp³-hybridized carbons (Fsp3) is 0.438. The minimum atomic E-state index is -4.33. The SMILES string of the molecule is O=C(NCCc1ccc(C(F)(F)F)cc1)NCc1nnc2n1CCC2. The van der Waals surface area contributed by atoms with Crippen molar-refractivity contribution in [2.24, 2.45) is 0 Å². The Morgan fingerprint density at radius 1 is 1.16 bits per heavy atom. The molecule has 0 aliphatic carbocycles. The molecule has 2 heterocycles. The highest BCUT2D eigenvalue weighted by atomic mass is 19.4. The van der Waals surface area contributed by atoms with Crippen LogP contribution in [0.15, 0.2) is 24.3 Å². The van der Waals surface area contributed by atoms with Crippen LogP contribution in [0.4, 0.5) is 18.0 Å². The molecule has 2 aromatic rings. The summed E-state index contributed by atoms with van der Waals surface area (Å²) in [7, 11) is 0. The number of amides is 2. The Morgan fingerprint density at radius 2 is 1.92 bits per heavy atom. The Kier molecular flexibility index (Phi) is 4.91. The maximum absolute atomic E-state index is 12.5. The summed E-state index contributed by atoms with van der Waals surface area (Å²) in [5.41, 5.74) is 0.0476. The number of hydrogen-bond acceptors (Lipinski definition) is 3. The van der Waals surface area contributed by atoms with Crippen molar-refractivity contribution in [3.05, 3.63) is 47.0 Å². The van der Waals surface area contributed by atoms with E-state index in [9.17, 15) is 18.0 Å². The van der Waals surface area contributed by atoms with Crippen molar-refractivity contribution < 1.29 is 18.0 Å². The number of alkyl halides is 3. The maximum atomic E-state index is 12.5. The van der Waals surface area contributed by atoms with Crippen LogP contribution in [0.5, 0.6) is 0 Å². The van der Waals surface area contributed by atoms with Crippen molar-refractivity contribution in [2.45, 2.75) is 38.5 Å². The van der Waals surface area contributed by atoms with E-state index in [-0.39, 0.29) is 6.03 Å². The minimum Gasteiger partial charge on any atom is -0.338 e. The number of fused-ring (bicyclic) bond motifs is 1. The first-order valence-electron chi connectivity index (χ1n) is 8.02. The van der Waals surface area contributed by atoms with Gasteiger partial charge in [0.15, 0.2) is 5.82 Å². The van der Waals surface area contributed by atoms with E-state index >= 15 is 0 Å². The van der Waals surface area contributed by atoms with E-state index in [0.717, 1.165) is 48.7 Å². The second kappa shape index (κ2) is 7.12. The molecule has 0 saturated heterocycles. The molecular weight excluding hydrogens is 335 g/mol. The molecule has 0 radical (unpaired) electrons. The molecule has 0 saturated carbocycles. The highest BCUT2D eigenvalue weighted by molar-refractivity contribution is 5.73. The van der Waals surface area contributed by atoms with Gasteiger partial charge in [-0.3, -0.25) is 0 Å². The number of nitrogens with zero attached hydrogens (tertiary/aromatic N) is 3. The first-order valence-corrected chi connectivity index (χ1v) is 8.02. The predicted octanol–water partition coefficient (Wildman–Crippen LogP) is 2.29. The number of aromatic nitrogens is 3. The summed E-state index contributed by atoms with van der Waals surface area (Å²) in [5, 5.41) is 13.5. The van der Waals surface area contributed by atoms with Crippen LogP contribution in [0.25, 0.3) is 0 Å². The molecule has 0 atom stereocenters. The van der Waals surface area contributed by atoms with Gasteiger partial charge in [-0.15, -0.1) is 10.2 Å². The topological polar surface area (TPSA) is 71.8 Å². The highest BCUT2D eigenvalue weighted by Gasteiger charge is 2.29. The van der Waals surface area contributed by atoms with Crippen molar-refractivity contribution in [2.75, 3.05) is 6.54 Å². The van der Waals surface area contributed by atoms with Gasteiger partial charge >= 0.3 is 12.2 Å². The number of aryl methyl sites for hydroxylation is 1. The van der Waals surface area contributed by atoms with E-state index in [1.165, 1.54) is 12.1 Å². The Hall–Kier alpha value is -2.58. The molecule has 1 aliphatic rings. The molecule has 134 valence electrons. The summed E-state index contributed by atoms with van der Waals surface area (Å²) in [5.74, 6) is 1.67. The summed E-state index contributed by atoms with van der Waals surface area (Å²) in [6.07, 6.45) is -1.94. The van der Waals surface area contributed by atoms with Gasteiger partial charge in [0.2, 0.25) is 0 Å². The van der Waals surface area contributed by atoms with Crippen LogP contribution >= 0.6 is 0 Å². The lowest BCUT2D eigenvalue weighted by Crippen LogP contribution is -2.36. The zero-order valence-corrected chi connectivity index (χ0v) is 13.4. The van der Waals surface area contributed by atoms with Gasteiger partial charge in [0, 0.05) is 19.5 Å². The molecule has 25 heavy (non-hydrogen) atoms. The molecule has 0 fully saturated rings. The second-order valence-corrected chi connectivity index (χ2v) is 5.84. The van der Waals surface area contributed by atoms with Gasteiger partial charge in [-0.2, -0.15) is 13.2 Å². The van der Waals surface area contributed by atoms with E-state index in [4.69, 9.17) is 0 Å². The van der Waals surface area contributed by atoms with Gasteiger partial charge in [0.1, 0.15) is 5.82 Å². The standard InChI is InChI=1S/C16H18F3N5O/c17-16(18,19)12-5-3-11(4-6-12)7-8-20-15(25)21-10-14-23-22-13-2-1-9-24(13)14/h3-6H,1-2,7-10H2,(H2,20,21,25). The summed E-state index contributed by atoms with van der Waals surface area (Å²) < 4.78 is 39.5. The molecule has 6 nitrogen and oxygen atoms in total. The number of carbonyl (C=O) groups excluding carboxylic acids is 1. The fourth-order valence-electron chi connectivity index (χ4n) is 2.74. The van der Waals surface area contributed by atoms with E-state index in [1.807, 2.05) is 4.57 Å². The van der Waals surface area contributed by atoms with Gasteiger partial charge in [-0.25, -0.2) is 4.79 Å². The molecule has 9 heteroatoms. The summed E-state index contributed by atoms with van der Waals surface area (Å²) in [4.78, 5) is 11.8. The Balaban J connectivity index is 1.40. The highest BCUT2D eigenvalue weighted by Crippen LogP contribution is 2.29. The third-order valence-corrected chi connectivity index (χ3v) is 4.07. The minimum absolute atomic E-state index is 0.291. The van der Waals surface area contributed by atoms with Crippen molar-refractivity contribution in [3.63, 3.8) is 0 Å². The maximum Gasteiger partial charge on any atom is 0.416 e. The predicted molar refractivity (Wildman–Crippen MR) is 83.7 cm³/mol. The van der Waals surface area contributed by atoms with Crippen molar-refractivity contribution in [1.82, 2.24) is 25.4 Å². The number of hydrogen-bond donors (Lipinski definition) is 2. The zero-order valence-electron chi connectivity index (χ0n) is 13.4. The third-order valence-electron chi connectivity index (χ3n) is 4.07. The first-order chi connectivity index (χ1) is 11.9. The van der Waals surface area contributed by atoms with Crippen molar-refractivity contribution in [3.8, 4) is 0 Å². The average molecular weight is 353 g/mol. The summed E-state index contributed by atoms with van der Waals surface area (Å²) in [6.45, 7) is 1.49. The molecule has 1 aromatic carbocycles. The fourth-order valence-corrected chi connectivity index (χ4v) is 2.74. The lowest BCUT2D eigenvalue weighted by Gasteiger charge is -2.09. The van der Waals surface area contributed by atoms with E-state index in [2.05, 4.69) is 20.8 Å². The molecule has 0 spiro atoms. The molecule has 0 bridgehead atoms. The van der Waals surface area contributed by atoms with Gasteiger partial charge in [-0.05, 0) is 30.5 Å². The molecule has 3 rings (SSSR count). The molecule has 1 aromatic heterocycles. The lowest BCUT2D eigenvalue weighted by atomic mass is 10.1. The molecule has 0 unspecified atom stereocenters. The first kappa shape index (κ1) is 17.2. The van der Waals surface area contributed by atoms with E-state index in [0.29, 0.717) is 19.5 Å². The Bertz CT molecular complexity index is 739. The molecule has 2 amide bonds. The van der Waals surface area contributed by atoms with Gasteiger partial charge in [-0.1, -0.05) is 12.1 Å². The van der Waals surface area contributed by atoms with Gasteiger partial charge in [0.25, 0.3) is 0 Å². The van der Waals surface area contributed by atoms with Gasteiger partial charge in [0.05, 0.1) is 12.1 Å². The number of benzene rings is 1. The lowest BCUT2D eigenvalue weighted by molar-refractivity contribution is -0.137.